The van der Waals surface area contributed by atoms with E-state index >= 15 is 0 Å². The Labute approximate surface area is 139 Å². The SMILES string of the molecule is C[Si](C)(C)C1[C-]=Cc2ccccc21.[Cl-].[Cl-].[Cl-].[Ti+4]. The van der Waals surface area contributed by atoms with Crippen LogP contribution in [0.3, 0.4) is 0 Å². The quantitative estimate of drug-likeness (QED) is 0.353. The van der Waals surface area contributed by atoms with Crippen molar-refractivity contribution in [1.82, 2.24) is 0 Å². The van der Waals surface area contributed by atoms with Crippen molar-refractivity contribution >= 4 is 14.1 Å². The molecule has 1 aliphatic carbocycles. The van der Waals surface area contributed by atoms with Crippen LogP contribution in [0.1, 0.15) is 16.7 Å². The van der Waals surface area contributed by atoms with Crippen molar-refractivity contribution in [2.45, 2.75) is 25.2 Å². The third-order valence-electron chi connectivity index (χ3n) is 2.58. The Balaban J connectivity index is -0.000000490. The van der Waals surface area contributed by atoms with Crippen LogP contribution in [-0.4, -0.2) is 8.07 Å². The summed E-state index contributed by atoms with van der Waals surface area (Å²) in [5, 5.41) is 0. The van der Waals surface area contributed by atoms with Crippen LogP contribution in [0.25, 0.3) is 6.08 Å². The summed E-state index contributed by atoms with van der Waals surface area (Å²) >= 11 is 0. The Morgan fingerprint density at radius 2 is 1.53 bits per heavy atom. The molecule has 0 heterocycles. The predicted molar refractivity (Wildman–Crippen MR) is 60.2 cm³/mol. The van der Waals surface area contributed by atoms with E-state index in [1.165, 1.54) is 11.1 Å². The van der Waals surface area contributed by atoms with E-state index in [-0.39, 0.29) is 58.9 Å². The van der Waals surface area contributed by atoms with E-state index in [1.807, 2.05) is 0 Å². The molecule has 1 atom stereocenters. The molecule has 5 heteroatoms. The van der Waals surface area contributed by atoms with Crippen LogP contribution in [0.5, 0.6) is 0 Å². The number of fused-ring (bicyclic) bond motifs is 1. The van der Waals surface area contributed by atoms with Crippen LogP contribution in [-0.2, 0) is 21.7 Å². The number of benzene rings is 1. The Morgan fingerprint density at radius 3 is 2.06 bits per heavy atom. The number of hydrogen-bond acceptors (Lipinski definition) is 0. The first kappa shape index (κ1) is 22.9. The fourth-order valence-electron chi connectivity index (χ4n) is 1.88. The largest absolute Gasteiger partial charge is 4.00 e. The van der Waals surface area contributed by atoms with Gasteiger partial charge in [-0.3, -0.25) is 6.08 Å². The van der Waals surface area contributed by atoms with Gasteiger partial charge in [0.25, 0.3) is 0 Å². The summed E-state index contributed by atoms with van der Waals surface area (Å²) in [6.07, 6.45) is 5.65. The fraction of sp³-hybridized carbons (Fsp3) is 0.333. The summed E-state index contributed by atoms with van der Waals surface area (Å²) in [6.45, 7) is 7.21. The maximum absolute atomic E-state index is 3.50. The minimum Gasteiger partial charge on any atom is -1.00 e. The Morgan fingerprint density at radius 1 is 1.00 bits per heavy atom. The van der Waals surface area contributed by atoms with Gasteiger partial charge in [0.1, 0.15) is 0 Å². The van der Waals surface area contributed by atoms with Crippen LogP contribution in [0.2, 0.25) is 19.6 Å². The third kappa shape index (κ3) is 5.10. The minimum atomic E-state index is -1.12. The first-order valence-corrected chi connectivity index (χ1v) is 8.35. The number of hydrogen-bond donors (Lipinski definition) is 0. The van der Waals surface area contributed by atoms with Crippen molar-refractivity contribution in [2.75, 3.05) is 0 Å². The maximum atomic E-state index is 3.50. The van der Waals surface area contributed by atoms with E-state index in [0.29, 0.717) is 5.54 Å². The molecule has 0 spiro atoms. The standard InChI is InChI=1S/C12H15Si.3ClH.Ti/c1-13(2,3)12-9-8-10-6-4-5-7-11(10)12;;;;/h4-8,12H,1-3H3;3*1H;/q-1;;;;+4/p-3. The van der Waals surface area contributed by atoms with Gasteiger partial charge >= 0.3 is 21.7 Å². The van der Waals surface area contributed by atoms with E-state index in [9.17, 15) is 0 Å². The van der Waals surface area contributed by atoms with Crippen LogP contribution < -0.4 is 37.2 Å². The summed E-state index contributed by atoms with van der Waals surface area (Å²) in [6, 6.07) is 8.66. The van der Waals surface area contributed by atoms with Gasteiger partial charge in [-0.05, 0) is 0 Å². The molecule has 1 aliphatic rings. The molecule has 0 saturated heterocycles. The van der Waals surface area contributed by atoms with E-state index < -0.39 is 8.07 Å². The van der Waals surface area contributed by atoms with Crippen molar-refractivity contribution in [3.05, 3.63) is 41.5 Å². The molecular weight excluding hydrogens is 326 g/mol. The van der Waals surface area contributed by atoms with Crippen molar-refractivity contribution in [2.24, 2.45) is 0 Å². The van der Waals surface area contributed by atoms with Crippen LogP contribution >= 0.6 is 0 Å². The van der Waals surface area contributed by atoms with Crippen molar-refractivity contribution < 1.29 is 58.9 Å². The average molecular weight is 342 g/mol. The molecule has 92 valence electrons. The molecule has 0 radical (unpaired) electrons. The molecule has 0 bridgehead atoms. The second kappa shape index (κ2) is 8.79. The molecular formula is C12H15Cl3SiTi. The second-order valence-electron chi connectivity index (χ2n) is 4.74. The van der Waals surface area contributed by atoms with E-state index in [1.54, 1.807) is 0 Å². The Bertz CT molecular complexity index is 361. The fourth-order valence-corrected chi connectivity index (χ4v) is 3.66. The zero-order valence-electron chi connectivity index (χ0n) is 10.1. The number of rotatable bonds is 1. The normalized spacial score (nSPS) is 15.6. The summed E-state index contributed by atoms with van der Waals surface area (Å²) in [7, 11) is -1.12. The van der Waals surface area contributed by atoms with Gasteiger partial charge in [0.05, 0.1) is 0 Å². The number of allylic oxidation sites excluding steroid dienone is 1. The molecule has 0 saturated carbocycles. The molecule has 1 aromatic rings. The topological polar surface area (TPSA) is 0 Å². The molecule has 2 rings (SSSR count). The van der Waals surface area contributed by atoms with Crippen LogP contribution in [0, 0.1) is 6.08 Å². The molecule has 0 aliphatic heterocycles. The monoisotopic (exact) mass is 340 g/mol. The molecule has 0 aromatic heterocycles. The van der Waals surface area contributed by atoms with Crippen molar-refractivity contribution in [3.8, 4) is 0 Å². The third-order valence-corrected chi connectivity index (χ3v) is 4.79. The van der Waals surface area contributed by atoms with E-state index in [4.69, 9.17) is 0 Å². The molecule has 1 unspecified atom stereocenters. The smallest absolute Gasteiger partial charge is 1.00 e. The van der Waals surface area contributed by atoms with E-state index in [0.717, 1.165) is 0 Å². The Hall–Kier alpha value is 0.761. The second-order valence-corrected chi connectivity index (χ2v) is 10.0. The first-order valence-electron chi connectivity index (χ1n) is 4.77. The Kier molecular flexibility index (Phi) is 11.8. The summed E-state index contributed by atoms with van der Waals surface area (Å²) in [4.78, 5) is 0. The van der Waals surface area contributed by atoms with Gasteiger partial charge < -0.3 is 37.2 Å². The van der Waals surface area contributed by atoms with Gasteiger partial charge in [0.15, 0.2) is 0 Å². The molecule has 17 heavy (non-hydrogen) atoms. The van der Waals surface area contributed by atoms with E-state index in [2.05, 4.69) is 56.1 Å². The predicted octanol–water partition coefficient (Wildman–Crippen LogP) is -5.51. The molecule has 0 fully saturated rings. The molecule has 1 aromatic carbocycles. The zero-order valence-corrected chi connectivity index (χ0v) is 14.9. The van der Waals surface area contributed by atoms with Crippen LogP contribution in [0.4, 0.5) is 0 Å². The van der Waals surface area contributed by atoms with Gasteiger partial charge in [-0.15, -0.1) is 11.6 Å². The summed E-state index contributed by atoms with van der Waals surface area (Å²) in [5.74, 6) is 0. The van der Waals surface area contributed by atoms with Gasteiger partial charge in [-0.25, -0.2) is 6.08 Å². The minimum absolute atomic E-state index is 0. The van der Waals surface area contributed by atoms with Crippen molar-refractivity contribution in [1.29, 1.82) is 0 Å². The van der Waals surface area contributed by atoms with Crippen molar-refractivity contribution in [3.63, 3.8) is 0 Å². The summed E-state index contributed by atoms with van der Waals surface area (Å²) in [5.41, 5.74) is 3.46. The first-order chi connectivity index (χ1) is 6.09. The average Bonchev–Trinajstić information content (AvgIpc) is 2.45. The molecule has 0 N–H and O–H groups in total. The zero-order chi connectivity index (χ0) is 9.47. The summed E-state index contributed by atoms with van der Waals surface area (Å²) < 4.78 is 0. The molecule has 0 amide bonds. The van der Waals surface area contributed by atoms with Gasteiger partial charge in [0.2, 0.25) is 0 Å². The van der Waals surface area contributed by atoms with Gasteiger partial charge in [-0.1, -0.05) is 43.4 Å². The van der Waals surface area contributed by atoms with Crippen LogP contribution in [0.15, 0.2) is 24.3 Å². The number of halogens is 3. The van der Waals surface area contributed by atoms with Gasteiger partial charge in [0, 0.05) is 8.07 Å². The molecule has 0 nitrogen and oxygen atoms in total. The maximum Gasteiger partial charge on any atom is 4.00 e. The van der Waals surface area contributed by atoms with Gasteiger partial charge in [-0.2, -0.15) is 5.56 Å².